The molecule has 0 spiro atoms. The minimum atomic E-state index is -0.299. The highest BCUT2D eigenvalue weighted by atomic mass is 16.2. The summed E-state index contributed by atoms with van der Waals surface area (Å²) in [6.07, 6.45) is 1.16. The molecule has 1 atom stereocenters. The van der Waals surface area contributed by atoms with Crippen molar-refractivity contribution in [3.63, 3.8) is 0 Å². The van der Waals surface area contributed by atoms with E-state index in [0.717, 1.165) is 6.42 Å². The van der Waals surface area contributed by atoms with Crippen LogP contribution in [-0.2, 0) is 9.59 Å². The fourth-order valence-corrected chi connectivity index (χ4v) is 1.09. The van der Waals surface area contributed by atoms with Crippen molar-refractivity contribution in [3.8, 4) is 0 Å². The van der Waals surface area contributed by atoms with Crippen LogP contribution in [0.5, 0.6) is 0 Å². The molecule has 0 saturated heterocycles. The summed E-state index contributed by atoms with van der Waals surface area (Å²) in [5.41, 5.74) is 0. The van der Waals surface area contributed by atoms with Crippen LogP contribution in [0.2, 0.25) is 0 Å². The van der Waals surface area contributed by atoms with Crippen LogP contribution in [0, 0.1) is 5.92 Å². The molecule has 0 unspecified atom stereocenters. The number of rotatable bonds is 5. The molecule has 3 nitrogen and oxygen atoms in total. The fraction of sp³-hybridized carbons (Fsp3) is 0.800. The Morgan fingerprint density at radius 2 is 1.85 bits per heavy atom. The second-order valence-electron chi connectivity index (χ2n) is 3.71. The Labute approximate surface area is 79.9 Å². The van der Waals surface area contributed by atoms with Crippen LogP contribution in [0.25, 0.3) is 0 Å². The van der Waals surface area contributed by atoms with Gasteiger partial charge in [-0.1, -0.05) is 20.8 Å². The Balaban J connectivity index is 4.10. The van der Waals surface area contributed by atoms with Gasteiger partial charge in [-0.3, -0.25) is 9.59 Å². The summed E-state index contributed by atoms with van der Waals surface area (Å²) in [5.74, 6) is 0.405. The van der Waals surface area contributed by atoms with Crippen molar-refractivity contribution in [2.75, 3.05) is 0 Å². The summed E-state index contributed by atoms with van der Waals surface area (Å²) < 4.78 is 0. The van der Waals surface area contributed by atoms with Crippen LogP contribution < -0.4 is 5.32 Å². The number of hydrogen-bond acceptors (Lipinski definition) is 2. The van der Waals surface area contributed by atoms with E-state index in [-0.39, 0.29) is 17.7 Å². The molecule has 0 heterocycles. The number of hydrogen-bond donors (Lipinski definition) is 1. The van der Waals surface area contributed by atoms with Crippen molar-refractivity contribution in [2.45, 2.75) is 46.6 Å². The Hall–Kier alpha value is -0.860. The molecule has 76 valence electrons. The minimum Gasteiger partial charge on any atom is -0.346 e. The molecule has 1 N–H and O–H groups in total. The van der Waals surface area contributed by atoms with Gasteiger partial charge in [0.05, 0.1) is 6.04 Å². The van der Waals surface area contributed by atoms with E-state index in [2.05, 4.69) is 5.32 Å². The van der Waals surface area contributed by atoms with Crippen LogP contribution in [0.3, 0.4) is 0 Å². The Bertz CT molecular complexity index is 187. The first-order chi connectivity index (χ1) is 5.97. The van der Waals surface area contributed by atoms with Crippen molar-refractivity contribution in [3.05, 3.63) is 0 Å². The quantitative estimate of drug-likeness (QED) is 0.705. The Kier molecular flexibility index (Phi) is 5.35. The van der Waals surface area contributed by atoms with Crippen molar-refractivity contribution in [1.29, 1.82) is 0 Å². The molecule has 0 aromatic carbocycles. The lowest BCUT2D eigenvalue weighted by Crippen LogP contribution is -2.40. The molecule has 3 heteroatoms. The topological polar surface area (TPSA) is 46.2 Å². The van der Waals surface area contributed by atoms with Crippen LogP contribution in [0.1, 0.15) is 40.5 Å². The fourth-order valence-electron chi connectivity index (χ4n) is 1.09. The average molecular weight is 185 g/mol. The van der Waals surface area contributed by atoms with E-state index in [4.69, 9.17) is 0 Å². The molecule has 0 aliphatic carbocycles. The molecule has 0 aromatic heterocycles. The van der Waals surface area contributed by atoms with Crippen LogP contribution in [-0.4, -0.2) is 17.7 Å². The minimum absolute atomic E-state index is 0.0375. The molecular formula is C10H19NO2. The van der Waals surface area contributed by atoms with Gasteiger partial charge >= 0.3 is 0 Å². The van der Waals surface area contributed by atoms with E-state index in [1.165, 1.54) is 6.92 Å². The van der Waals surface area contributed by atoms with Gasteiger partial charge in [0.1, 0.15) is 0 Å². The van der Waals surface area contributed by atoms with Crippen molar-refractivity contribution in [1.82, 2.24) is 5.32 Å². The summed E-state index contributed by atoms with van der Waals surface area (Å²) in [6.45, 7) is 7.37. The van der Waals surface area contributed by atoms with Crippen molar-refractivity contribution in [2.24, 2.45) is 5.92 Å². The monoisotopic (exact) mass is 185 g/mol. The van der Waals surface area contributed by atoms with Crippen LogP contribution in [0.4, 0.5) is 0 Å². The predicted octanol–water partition coefficient (Wildman–Crippen LogP) is 1.52. The molecule has 0 saturated carbocycles. The van der Waals surface area contributed by atoms with E-state index < -0.39 is 0 Å². The van der Waals surface area contributed by atoms with Crippen molar-refractivity contribution >= 4 is 11.7 Å². The SMILES string of the molecule is CCC(=O)N[C@@H](CC(C)C)C(C)=O. The molecular weight excluding hydrogens is 166 g/mol. The molecule has 0 aromatic rings. The van der Waals surface area contributed by atoms with E-state index in [1.54, 1.807) is 6.92 Å². The van der Waals surface area contributed by atoms with Gasteiger partial charge in [0.2, 0.25) is 5.91 Å². The highest BCUT2D eigenvalue weighted by Gasteiger charge is 2.16. The maximum atomic E-state index is 11.1. The zero-order chi connectivity index (χ0) is 10.4. The maximum Gasteiger partial charge on any atom is 0.220 e. The zero-order valence-corrected chi connectivity index (χ0v) is 8.89. The van der Waals surface area contributed by atoms with Crippen LogP contribution >= 0.6 is 0 Å². The first-order valence-electron chi connectivity index (χ1n) is 4.77. The molecule has 1 amide bonds. The van der Waals surface area contributed by atoms with Gasteiger partial charge in [-0.15, -0.1) is 0 Å². The number of ketones is 1. The molecule has 0 aliphatic heterocycles. The summed E-state index contributed by atoms with van der Waals surface area (Å²) in [4.78, 5) is 22.2. The van der Waals surface area contributed by atoms with Crippen LogP contribution in [0.15, 0.2) is 0 Å². The Morgan fingerprint density at radius 3 is 2.15 bits per heavy atom. The average Bonchev–Trinajstić information content (AvgIpc) is 2.02. The van der Waals surface area contributed by atoms with Crippen molar-refractivity contribution < 1.29 is 9.59 Å². The first kappa shape index (κ1) is 12.1. The number of carbonyl (C=O) groups excluding carboxylic acids is 2. The number of carbonyl (C=O) groups is 2. The normalized spacial score (nSPS) is 12.7. The van der Waals surface area contributed by atoms with E-state index in [1.807, 2.05) is 13.8 Å². The maximum absolute atomic E-state index is 11.1. The molecule has 0 bridgehead atoms. The summed E-state index contributed by atoms with van der Waals surface area (Å²) in [7, 11) is 0. The van der Waals surface area contributed by atoms with Gasteiger partial charge < -0.3 is 5.32 Å². The van der Waals surface area contributed by atoms with E-state index in [9.17, 15) is 9.59 Å². The smallest absolute Gasteiger partial charge is 0.220 e. The van der Waals surface area contributed by atoms with Gasteiger partial charge in [0.25, 0.3) is 0 Å². The molecule has 0 aliphatic rings. The largest absolute Gasteiger partial charge is 0.346 e. The van der Waals surface area contributed by atoms with Gasteiger partial charge in [-0.05, 0) is 19.3 Å². The molecule has 13 heavy (non-hydrogen) atoms. The second-order valence-corrected chi connectivity index (χ2v) is 3.71. The highest BCUT2D eigenvalue weighted by molar-refractivity contribution is 5.87. The molecule has 0 radical (unpaired) electrons. The van der Waals surface area contributed by atoms with Gasteiger partial charge in [0.15, 0.2) is 5.78 Å². The summed E-state index contributed by atoms with van der Waals surface area (Å²) >= 11 is 0. The van der Waals surface area contributed by atoms with Gasteiger partial charge in [0, 0.05) is 6.42 Å². The Morgan fingerprint density at radius 1 is 1.31 bits per heavy atom. The lowest BCUT2D eigenvalue weighted by atomic mass is 10.0. The third kappa shape index (κ3) is 5.39. The van der Waals surface area contributed by atoms with Gasteiger partial charge in [-0.25, -0.2) is 0 Å². The van der Waals surface area contributed by atoms with E-state index in [0.29, 0.717) is 12.3 Å². The number of amides is 1. The summed E-state index contributed by atoms with van der Waals surface area (Å²) in [5, 5.41) is 2.71. The lowest BCUT2D eigenvalue weighted by Gasteiger charge is -2.17. The van der Waals surface area contributed by atoms with E-state index >= 15 is 0 Å². The lowest BCUT2D eigenvalue weighted by molar-refractivity contribution is -0.127. The summed E-state index contributed by atoms with van der Waals surface area (Å²) in [6, 6.07) is -0.299. The zero-order valence-electron chi connectivity index (χ0n) is 8.89. The third-order valence-electron chi connectivity index (χ3n) is 1.85. The second kappa shape index (κ2) is 5.73. The molecule has 0 fully saturated rings. The number of Topliss-reactive ketones (excluding diaryl/α,β-unsaturated/α-hetero) is 1. The molecule has 0 rings (SSSR count). The standard InChI is InChI=1S/C10H19NO2/c1-5-10(13)11-9(8(4)12)6-7(2)3/h7,9H,5-6H2,1-4H3,(H,11,13)/t9-/m0/s1. The third-order valence-corrected chi connectivity index (χ3v) is 1.85. The first-order valence-corrected chi connectivity index (χ1v) is 4.77. The number of nitrogens with one attached hydrogen (secondary N) is 1. The van der Waals surface area contributed by atoms with Gasteiger partial charge in [-0.2, -0.15) is 0 Å². The predicted molar refractivity (Wildman–Crippen MR) is 52.4 cm³/mol. The highest BCUT2D eigenvalue weighted by Crippen LogP contribution is 2.05.